The summed E-state index contributed by atoms with van der Waals surface area (Å²) in [6.07, 6.45) is 3.22. The van der Waals surface area contributed by atoms with Crippen LogP contribution < -0.4 is 14.8 Å². The molecule has 114 valence electrons. The highest BCUT2D eigenvalue weighted by Crippen LogP contribution is 2.28. The van der Waals surface area contributed by atoms with Crippen LogP contribution in [0.25, 0.3) is 6.08 Å². The Balaban J connectivity index is 2.11. The molecule has 0 unspecified atom stereocenters. The van der Waals surface area contributed by atoms with Gasteiger partial charge in [-0.1, -0.05) is 28.1 Å². The molecule has 0 spiro atoms. The summed E-state index contributed by atoms with van der Waals surface area (Å²) in [7, 11) is 3.12. The molecule has 5 heteroatoms. The van der Waals surface area contributed by atoms with Gasteiger partial charge in [0.25, 0.3) is 0 Å². The number of benzene rings is 2. The van der Waals surface area contributed by atoms with E-state index in [0.717, 1.165) is 10.0 Å². The lowest BCUT2D eigenvalue weighted by Gasteiger charge is -2.10. The molecule has 0 saturated carbocycles. The zero-order valence-corrected chi connectivity index (χ0v) is 13.9. The summed E-state index contributed by atoms with van der Waals surface area (Å²) >= 11 is 3.39. The van der Waals surface area contributed by atoms with E-state index in [1.807, 2.05) is 24.3 Å². The monoisotopic (exact) mass is 361 g/mol. The standard InChI is InChI=1S/C17H16BrNO3/c1-21-14-7-8-16(22-2)15(11-14)19-17(20)9-6-12-4-3-5-13(18)10-12/h3-11H,1-2H3,(H,19,20). The minimum atomic E-state index is -0.244. The molecule has 0 bridgehead atoms. The van der Waals surface area contributed by atoms with E-state index >= 15 is 0 Å². The third-order valence-corrected chi connectivity index (χ3v) is 3.43. The first kappa shape index (κ1) is 16.1. The topological polar surface area (TPSA) is 47.6 Å². The van der Waals surface area contributed by atoms with Crippen molar-refractivity contribution in [1.29, 1.82) is 0 Å². The fourth-order valence-electron chi connectivity index (χ4n) is 1.87. The first-order chi connectivity index (χ1) is 10.6. The number of nitrogens with one attached hydrogen (secondary N) is 1. The van der Waals surface area contributed by atoms with Gasteiger partial charge in [-0.15, -0.1) is 0 Å². The summed E-state index contributed by atoms with van der Waals surface area (Å²) < 4.78 is 11.3. The maximum absolute atomic E-state index is 12.0. The summed E-state index contributed by atoms with van der Waals surface area (Å²) in [4.78, 5) is 12.0. The quantitative estimate of drug-likeness (QED) is 0.814. The fraction of sp³-hybridized carbons (Fsp3) is 0.118. The molecule has 2 aromatic rings. The Morgan fingerprint density at radius 2 is 1.95 bits per heavy atom. The molecule has 0 heterocycles. The maximum atomic E-state index is 12.0. The van der Waals surface area contributed by atoms with Crippen molar-refractivity contribution in [1.82, 2.24) is 0 Å². The number of ether oxygens (including phenoxy) is 2. The molecule has 1 N–H and O–H groups in total. The molecular weight excluding hydrogens is 346 g/mol. The lowest BCUT2D eigenvalue weighted by atomic mass is 10.2. The number of rotatable bonds is 5. The van der Waals surface area contributed by atoms with Crippen molar-refractivity contribution in [2.24, 2.45) is 0 Å². The molecule has 0 fully saturated rings. The van der Waals surface area contributed by atoms with Gasteiger partial charge in [-0.25, -0.2) is 0 Å². The Morgan fingerprint density at radius 1 is 1.14 bits per heavy atom. The van der Waals surface area contributed by atoms with Crippen LogP contribution in [0.3, 0.4) is 0 Å². The van der Waals surface area contributed by atoms with E-state index in [9.17, 15) is 4.79 Å². The number of carbonyl (C=O) groups is 1. The molecule has 4 nitrogen and oxygen atoms in total. The van der Waals surface area contributed by atoms with Gasteiger partial charge in [0.2, 0.25) is 5.91 Å². The molecule has 2 aromatic carbocycles. The van der Waals surface area contributed by atoms with Crippen LogP contribution in [0.1, 0.15) is 5.56 Å². The Morgan fingerprint density at radius 3 is 2.64 bits per heavy atom. The van der Waals surface area contributed by atoms with E-state index in [0.29, 0.717) is 17.2 Å². The first-order valence-corrected chi connectivity index (χ1v) is 7.38. The maximum Gasteiger partial charge on any atom is 0.248 e. The number of anilines is 1. The van der Waals surface area contributed by atoms with Crippen molar-refractivity contribution in [3.63, 3.8) is 0 Å². The number of hydrogen-bond acceptors (Lipinski definition) is 3. The fourth-order valence-corrected chi connectivity index (χ4v) is 2.29. The Bertz CT molecular complexity index is 698. The van der Waals surface area contributed by atoms with Crippen molar-refractivity contribution < 1.29 is 14.3 Å². The summed E-state index contributed by atoms with van der Waals surface area (Å²) in [6.45, 7) is 0. The lowest BCUT2D eigenvalue weighted by Crippen LogP contribution is -2.09. The molecule has 0 aliphatic rings. The van der Waals surface area contributed by atoms with Gasteiger partial charge in [-0.3, -0.25) is 4.79 Å². The van der Waals surface area contributed by atoms with Crippen molar-refractivity contribution >= 4 is 33.6 Å². The summed E-state index contributed by atoms with van der Waals surface area (Å²) in [5, 5.41) is 2.78. The third kappa shape index (κ3) is 4.36. The highest BCUT2D eigenvalue weighted by Gasteiger charge is 2.07. The van der Waals surface area contributed by atoms with Crippen LogP contribution >= 0.6 is 15.9 Å². The van der Waals surface area contributed by atoms with E-state index in [2.05, 4.69) is 21.2 Å². The molecule has 0 radical (unpaired) electrons. The van der Waals surface area contributed by atoms with Gasteiger partial charge in [0.05, 0.1) is 19.9 Å². The van der Waals surface area contributed by atoms with Crippen LogP contribution in [-0.2, 0) is 4.79 Å². The van der Waals surface area contributed by atoms with Gasteiger partial charge in [0.15, 0.2) is 0 Å². The zero-order valence-electron chi connectivity index (χ0n) is 12.3. The predicted octanol–water partition coefficient (Wildman–Crippen LogP) is 4.12. The predicted molar refractivity (Wildman–Crippen MR) is 91.4 cm³/mol. The van der Waals surface area contributed by atoms with Crippen LogP contribution in [0, 0.1) is 0 Å². The number of amides is 1. The van der Waals surface area contributed by atoms with Crippen molar-refractivity contribution in [3.8, 4) is 11.5 Å². The highest BCUT2D eigenvalue weighted by atomic mass is 79.9. The lowest BCUT2D eigenvalue weighted by molar-refractivity contribution is -0.111. The van der Waals surface area contributed by atoms with Crippen molar-refractivity contribution in [2.45, 2.75) is 0 Å². The minimum Gasteiger partial charge on any atom is -0.497 e. The van der Waals surface area contributed by atoms with Gasteiger partial charge in [0, 0.05) is 16.6 Å². The van der Waals surface area contributed by atoms with Crippen LogP contribution in [0.4, 0.5) is 5.69 Å². The molecule has 0 aromatic heterocycles. The zero-order chi connectivity index (χ0) is 15.9. The van der Waals surface area contributed by atoms with Crippen LogP contribution in [0.2, 0.25) is 0 Å². The average molecular weight is 362 g/mol. The SMILES string of the molecule is COc1ccc(OC)c(NC(=O)C=Cc2cccc(Br)c2)c1. The van der Waals surface area contributed by atoms with Crippen molar-refractivity contribution in [3.05, 3.63) is 58.6 Å². The molecule has 0 aliphatic carbocycles. The molecule has 0 atom stereocenters. The average Bonchev–Trinajstić information content (AvgIpc) is 2.53. The number of methoxy groups -OCH3 is 2. The summed E-state index contributed by atoms with van der Waals surface area (Å²) in [5.74, 6) is 0.976. The molecule has 0 aliphatic heterocycles. The smallest absolute Gasteiger partial charge is 0.248 e. The van der Waals surface area contributed by atoms with E-state index < -0.39 is 0 Å². The second-order valence-corrected chi connectivity index (χ2v) is 5.36. The van der Waals surface area contributed by atoms with Crippen LogP contribution in [0.15, 0.2) is 53.0 Å². The van der Waals surface area contributed by atoms with Crippen LogP contribution in [0.5, 0.6) is 11.5 Å². The van der Waals surface area contributed by atoms with E-state index in [1.54, 1.807) is 38.5 Å². The Labute approximate surface area is 137 Å². The van der Waals surface area contributed by atoms with Crippen molar-refractivity contribution in [2.75, 3.05) is 19.5 Å². The number of hydrogen-bond donors (Lipinski definition) is 1. The molecule has 2 rings (SSSR count). The van der Waals surface area contributed by atoms with E-state index in [4.69, 9.17) is 9.47 Å². The Hall–Kier alpha value is -2.27. The summed E-state index contributed by atoms with van der Waals surface area (Å²) in [5.41, 5.74) is 1.49. The summed E-state index contributed by atoms with van der Waals surface area (Å²) in [6, 6.07) is 12.9. The van der Waals surface area contributed by atoms with Gasteiger partial charge < -0.3 is 14.8 Å². The molecular formula is C17H16BrNO3. The second-order valence-electron chi connectivity index (χ2n) is 4.44. The van der Waals surface area contributed by atoms with E-state index in [-0.39, 0.29) is 5.91 Å². The molecule has 0 saturated heterocycles. The third-order valence-electron chi connectivity index (χ3n) is 2.94. The second kappa shape index (κ2) is 7.66. The van der Waals surface area contributed by atoms with Gasteiger partial charge in [-0.05, 0) is 35.9 Å². The van der Waals surface area contributed by atoms with Crippen LogP contribution in [-0.4, -0.2) is 20.1 Å². The van der Waals surface area contributed by atoms with Gasteiger partial charge in [0.1, 0.15) is 11.5 Å². The molecule has 22 heavy (non-hydrogen) atoms. The molecule has 1 amide bonds. The Kier molecular flexibility index (Phi) is 5.61. The van der Waals surface area contributed by atoms with Gasteiger partial charge in [-0.2, -0.15) is 0 Å². The van der Waals surface area contributed by atoms with E-state index in [1.165, 1.54) is 6.08 Å². The number of carbonyl (C=O) groups excluding carboxylic acids is 1. The minimum absolute atomic E-state index is 0.244. The normalized spacial score (nSPS) is 10.5. The largest absolute Gasteiger partial charge is 0.497 e. The number of halogens is 1. The highest BCUT2D eigenvalue weighted by molar-refractivity contribution is 9.10. The first-order valence-electron chi connectivity index (χ1n) is 6.59. The van der Waals surface area contributed by atoms with Gasteiger partial charge >= 0.3 is 0 Å².